The minimum Gasteiger partial charge on any atom is -0.329 e. The predicted molar refractivity (Wildman–Crippen MR) is 60.7 cm³/mol. The van der Waals surface area contributed by atoms with Gasteiger partial charge in [-0.15, -0.1) is 0 Å². The first-order chi connectivity index (χ1) is 6.14. The van der Waals surface area contributed by atoms with E-state index >= 15 is 0 Å². The smallest absolute Gasteiger partial charge is 0.0956 e. The van der Waals surface area contributed by atoms with E-state index in [4.69, 9.17) is 0 Å². The molecule has 1 aromatic heterocycles. The average molecular weight is 194 g/mol. The number of aryl methyl sites for hydroxylation is 1. The molecule has 2 nitrogen and oxygen atoms in total. The fourth-order valence-electron chi connectivity index (χ4n) is 1.85. The van der Waals surface area contributed by atoms with Gasteiger partial charge in [-0.05, 0) is 27.7 Å². The second kappa shape index (κ2) is 3.11. The van der Waals surface area contributed by atoms with Crippen LogP contribution in [0.25, 0.3) is 0 Å². The van der Waals surface area contributed by atoms with Crippen LogP contribution in [-0.4, -0.2) is 9.55 Å². The Balaban J connectivity index is 3.35. The van der Waals surface area contributed by atoms with Gasteiger partial charge in [-0.1, -0.05) is 20.8 Å². The molecule has 1 heterocycles. The van der Waals surface area contributed by atoms with Crippen LogP contribution in [0.4, 0.5) is 0 Å². The maximum Gasteiger partial charge on any atom is 0.0956 e. The Labute approximate surface area is 87.4 Å². The van der Waals surface area contributed by atoms with Gasteiger partial charge in [0.2, 0.25) is 0 Å². The molecule has 0 bridgehead atoms. The Morgan fingerprint density at radius 3 is 1.86 bits per heavy atom. The zero-order valence-electron chi connectivity index (χ0n) is 10.5. The van der Waals surface area contributed by atoms with Crippen molar-refractivity contribution in [1.82, 2.24) is 9.55 Å². The molecule has 2 heteroatoms. The van der Waals surface area contributed by atoms with Gasteiger partial charge in [0.25, 0.3) is 0 Å². The van der Waals surface area contributed by atoms with Crippen LogP contribution in [0.5, 0.6) is 0 Å². The van der Waals surface area contributed by atoms with Crippen LogP contribution >= 0.6 is 0 Å². The van der Waals surface area contributed by atoms with Crippen molar-refractivity contribution in [3.8, 4) is 0 Å². The number of aromatic nitrogens is 2. The van der Waals surface area contributed by atoms with Crippen molar-refractivity contribution in [2.24, 2.45) is 0 Å². The van der Waals surface area contributed by atoms with Gasteiger partial charge in [-0.2, -0.15) is 0 Å². The monoisotopic (exact) mass is 194 g/mol. The number of nitrogens with zero attached hydrogens (tertiary/aromatic N) is 2. The van der Waals surface area contributed by atoms with E-state index in [9.17, 15) is 0 Å². The Morgan fingerprint density at radius 1 is 1.07 bits per heavy atom. The number of rotatable bonds is 0. The summed E-state index contributed by atoms with van der Waals surface area (Å²) in [5.41, 5.74) is 2.76. The Bertz CT molecular complexity index is 321. The van der Waals surface area contributed by atoms with Crippen molar-refractivity contribution in [3.63, 3.8) is 0 Å². The lowest BCUT2D eigenvalue weighted by molar-refractivity contribution is 0.359. The Morgan fingerprint density at radius 2 is 1.57 bits per heavy atom. The molecule has 0 saturated carbocycles. The summed E-state index contributed by atoms with van der Waals surface area (Å²) in [6.45, 7) is 15.4. The first-order valence-electron chi connectivity index (χ1n) is 5.19. The SMILES string of the molecule is Cc1ncn(C(C)(C)C)c1C(C)(C)C. The van der Waals surface area contributed by atoms with Crippen molar-refractivity contribution in [2.45, 2.75) is 59.4 Å². The molecule has 0 aliphatic carbocycles. The highest BCUT2D eigenvalue weighted by atomic mass is 15.1. The first kappa shape index (κ1) is 11.3. The van der Waals surface area contributed by atoms with Crippen LogP contribution in [0, 0.1) is 6.92 Å². The number of imidazole rings is 1. The molecule has 0 aliphatic heterocycles. The molecule has 0 atom stereocenters. The van der Waals surface area contributed by atoms with Crippen LogP contribution in [0.1, 0.15) is 52.9 Å². The van der Waals surface area contributed by atoms with Crippen molar-refractivity contribution in [3.05, 3.63) is 17.7 Å². The summed E-state index contributed by atoms with van der Waals surface area (Å²) >= 11 is 0. The summed E-state index contributed by atoms with van der Waals surface area (Å²) < 4.78 is 2.28. The van der Waals surface area contributed by atoms with Crippen LogP contribution in [0.2, 0.25) is 0 Å². The van der Waals surface area contributed by atoms with E-state index in [-0.39, 0.29) is 11.0 Å². The quantitative estimate of drug-likeness (QED) is 0.620. The van der Waals surface area contributed by atoms with E-state index in [1.54, 1.807) is 0 Å². The van der Waals surface area contributed by atoms with Gasteiger partial charge in [0, 0.05) is 16.6 Å². The molecule has 1 rings (SSSR count). The topological polar surface area (TPSA) is 17.8 Å². The van der Waals surface area contributed by atoms with Crippen LogP contribution in [0.15, 0.2) is 6.33 Å². The lowest BCUT2D eigenvalue weighted by Gasteiger charge is -2.30. The van der Waals surface area contributed by atoms with Crippen molar-refractivity contribution >= 4 is 0 Å². The summed E-state index contributed by atoms with van der Waals surface area (Å²) in [6.07, 6.45) is 1.95. The van der Waals surface area contributed by atoms with Crippen LogP contribution < -0.4 is 0 Å². The van der Waals surface area contributed by atoms with Gasteiger partial charge in [0.05, 0.1) is 12.0 Å². The van der Waals surface area contributed by atoms with Gasteiger partial charge in [0.15, 0.2) is 0 Å². The molecule has 0 radical (unpaired) electrons. The van der Waals surface area contributed by atoms with Crippen LogP contribution in [-0.2, 0) is 11.0 Å². The molecule has 0 saturated heterocycles. The van der Waals surface area contributed by atoms with E-state index in [1.807, 2.05) is 6.33 Å². The minimum absolute atomic E-state index is 0.115. The third-order valence-electron chi connectivity index (χ3n) is 2.38. The third kappa shape index (κ3) is 1.99. The zero-order valence-corrected chi connectivity index (χ0v) is 10.5. The minimum atomic E-state index is 0.115. The maximum absolute atomic E-state index is 4.41. The average Bonchev–Trinajstić information content (AvgIpc) is 2.27. The first-order valence-corrected chi connectivity index (χ1v) is 5.19. The molecule has 0 fully saturated rings. The second-order valence-corrected chi connectivity index (χ2v) is 5.97. The molecule has 14 heavy (non-hydrogen) atoms. The van der Waals surface area contributed by atoms with E-state index in [1.165, 1.54) is 5.69 Å². The summed E-state index contributed by atoms with van der Waals surface area (Å²) in [5.74, 6) is 0. The standard InChI is InChI=1S/C12H22N2/c1-9-10(11(2,3)4)14(8-13-9)12(5,6)7/h8H,1-7H3. The fraction of sp³-hybridized carbons (Fsp3) is 0.750. The fourth-order valence-corrected chi connectivity index (χ4v) is 1.85. The highest BCUT2D eigenvalue weighted by molar-refractivity contribution is 5.21. The van der Waals surface area contributed by atoms with Gasteiger partial charge in [-0.25, -0.2) is 4.98 Å². The van der Waals surface area contributed by atoms with Gasteiger partial charge < -0.3 is 4.57 Å². The second-order valence-electron chi connectivity index (χ2n) is 5.97. The molecule has 0 unspecified atom stereocenters. The van der Waals surface area contributed by atoms with Gasteiger partial charge in [0.1, 0.15) is 0 Å². The molecule has 0 aromatic carbocycles. The number of hydrogen-bond donors (Lipinski definition) is 0. The largest absolute Gasteiger partial charge is 0.329 e. The van der Waals surface area contributed by atoms with Crippen LogP contribution in [0.3, 0.4) is 0 Å². The molecule has 80 valence electrons. The third-order valence-corrected chi connectivity index (χ3v) is 2.38. The van der Waals surface area contributed by atoms with Crippen molar-refractivity contribution in [2.75, 3.05) is 0 Å². The molecular formula is C12H22N2. The number of hydrogen-bond acceptors (Lipinski definition) is 1. The molecule has 1 aromatic rings. The van der Waals surface area contributed by atoms with Crippen molar-refractivity contribution < 1.29 is 0 Å². The molecule has 0 N–H and O–H groups in total. The maximum atomic E-state index is 4.41. The summed E-state index contributed by atoms with van der Waals surface area (Å²) in [7, 11) is 0. The van der Waals surface area contributed by atoms with Crippen molar-refractivity contribution in [1.29, 1.82) is 0 Å². The van der Waals surface area contributed by atoms with E-state index in [2.05, 4.69) is 58.0 Å². The zero-order chi connectivity index (χ0) is 11.1. The normalized spacial score (nSPS) is 13.4. The van der Waals surface area contributed by atoms with Gasteiger partial charge >= 0.3 is 0 Å². The highest BCUT2D eigenvalue weighted by Gasteiger charge is 2.26. The lowest BCUT2D eigenvalue weighted by atomic mass is 9.89. The Kier molecular flexibility index (Phi) is 2.51. The summed E-state index contributed by atoms with van der Waals surface area (Å²) in [4.78, 5) is 4.41. The van der Waals surface area contributed by atoms with E-state index in [0.29, 0.717) is 0 Å². The Hall–Kier alpha value is -0.790. The van der Waals surface area contributed by atoms with E-state index < -0.39 is 0 Å². The highest BCUT2D eigenvalue weighted by Crippen LogP contribution is 2.29. The molecule has 0 aliphatic rings. The molecular weight excluding hydrogens is 172 g/mol. The predicted octanol–water partition coefficient (Wildman–Crippen LogP) is 3.24. The summed E-state index contributed by atoms with van der Waals surface area (Å²) in [5, 5.41) is 0. The molecule has 0 spiro atoms. The lowest BCUT2D eigenvalue weighted by Crippen LogP contribution is -2.28. The van der Waals surface area contributed by atoms with Gasteiger partial charge in [-0.3, -0.25) is 0 Å². The molecule has 0 amide bonds. The summed E-state index contributed by atoms with van der Waals surface area (Å²) in [6, 6.07) is 0. The van der Waals surface area contributed by atoms with E-state index in [0.717, 1.165) is 5.69 Å².